The van der Waals surface area contributed by atoms with Gasteiger partial charge in [0.05, 0.1) is 11.9 Å². The molecule has 0 bridgehead atoms. The molecule has 2 aliphatic rings. The number of fused-ring (bicyclic) bond motifs is 2. The molecule has 1 N–H and O–H groups in total. The summed E-state index contributed by atoms with van der Waals surface area (Å²) in [7, 11) is -3.31. The normalized spacial score (nSPS) is 15.7. The average molecular weight is 452 g/mol. The maximum Gasteiger partial charge on any atom is 0.255 e. The van der Waals surface area contributed by atoms with Crippen LogP contribution >= 0.6 is 0 Å². The van der Waals surface area contributed by atoms with E-state index in [1.165, 1.54) is 17.0 Å². The van der Waals surface area contributed by atoms with Crippen molar-refractivity contribution in [2.75, 3.05) is 22.4 Å². The quantitative estimate of drug-likeness (QED) is 0.657. The molecule has 1 amide bonds. The Balaban J connectivity index is 1.37. The lowest BCUT2D eigenvalue weighted by Gasteiger charge is -2.16. The van der Waals surface area contributed by atoms with E-state index in [0.29, 0.717) is 29.9 Å². The molecule has 3 aromatic rings. The van der Waals surface area contributed by atoms with Gasteiger partial charge >= 0.3 is 0 Å². The van der Waals surface area contributed by atoms with Gasteiger partial charge in [0, 0.05) is 36.3 Å². The number of carbonyl (C=O) groups excluding carboxylic acids is 1. The summed E-state index contributed by atoms with van der Waals surface area (Å²) in [5.41, 5.74) is 3.61. The average Bonchev–Trinajstić information content (AvgIpc) is 3.31. The van der Waals surface area contributed by atoms with E-state index in [9.17, 15) is 13.2 Å². The lowest BCUT2D eigenvalue weighted by Crippen LogP contribution is -2.27. The summed E-state index contributed by atoms with van der Waals surface area (Å²) in [6.45, 7) is 1.32. The number of aromatic nitrogens is 3. The largest absolute Gasteiger partial charge is 0.322 e. The van der Waals surface area contributed by atoms with Crippen LogP contribution in [-0.2, 0) is 29.4 Å². The highest BCUT2D eigenvalue weighted by Gasteiger charge is 2.26. The molecule has 9 heteroatoms. The van der Waals surface area contributed by atoms with Crippen LogP contribution in [-0.4, -0.2) is 41.9 Å². The summed E-state index contributed by atoms with van der Waals surface area (Å²) in [6, 6.07) is 12.8. The standard InChI is InChI=1S/C23H25N5O3S/c1-32(30,31)28-13-11-16-14-18(9-10-20(16)28)23(29)24-19-7-5-6-17(15-19)22-26-25-21-8-3-2-4-12-27(21)22/h5-7,9-10,14-15H,2-4,8,11-13H2,1H3,(H,24,29). The zero-order chi connectivity index (χ0) is 22.3. The first-order valence-electron chi connectivity index (χ1n) is 10.8. The van der Waals surface area contributed by atoms with Gasteiger partial charge in [0.2, 0.25) is 10.0 Å². The molecule has 0 unspecified atom stereocenters. The van der Waals surface area contributed by atoms with Crippen LogP contribution in [0.4, 0.5) is 11.4 Å². The van der Waals surface area contributed by atoms with E-state index in [4.69, 9.17) is 0 Å². The van der Waals surface area contributed by atoms with Crippen molar-refractivity contribution in [3.8, 4) is 11.4 Å². The van der Waals surface area contributed by atoms with Crippen molar-refractivity contribution in [1.29, 1.82) is 0 Å². The Hall–Kier alpha value is -3.20. The summed E-state index contributed by atoms with van der Waals surface area (Å²) in [5, 5.41) is 11.7. The Morgan fingerprint density at radius 2 is 1.88 bits per heavy atom. The third kappa shape index (κ3) is 3.88. The second kappa shape index (κ2) is 8.05. The summed E-state index contributed by atoms with van der Waals surface area (Å²) >= 11 is 0. The summed E-state index contributed by atoms with van der Waals surface area (Å²) in [5.74, 6) is 1.62. The van der Waals surface area contributed by atoms with Gasteiger partial charge < -0.3 is 9.88 Å². The van der Waals surface area contributed by atoms with Gasteiger partial charge in [-0.15, -0.1) is 10.2 Å². The number of sulfonamides is 1. The number of hydrogen-bond donors (Lipinski definition) is 1. The minimum atomic E-state index is -3.31. The number of aryl methyl sites for hydroxylation is 1. The van der Waals surface area contributed by atoms with E-state index in [1.54, 1.807) is 18.2 Å². The number of nitrogens with one attached hydrogen (secondary N) is 1. The van der Waals surface area contributed by atoms with Crippen LogP contribution in [0.15, 0.2) is 42.5 Å². The highest BCUT2D eigenvalue weighted by molar-refractivity contribution is 7.92. The fraction of sp³-hybridized carbons (Fsp3) is 0.348. The van der Waals surface area contributed by atoms with Crippen LogP contribution in [0.3, 0.4) is 0 Å². The summed E-state index contributed by atoms with van der Waals surface area (Å²) < 4.78 is 27.4. The Bertz CT molecular complexity index is 1300. The van der Waals surface area contributed by atoms with Crippen LogP contribution in [0.5, 0.6) is 0 Å². The zero-order valence-corrected chi connectivity index (χ0v) is 18.7. The molecule has 32 heavy (non-hydrogen) atoms. The third-order valence-corrected chi connectivity index (χ3v) is 7.26. The maximum atomic E-state index is 12.9. The van der Waals surface area contributed by atoms with Crippen molar-refractivity contribution in [1.82, 2.24) is 14.8 Å². The van der Waals surface area contributed by atoms with Crippen LogP contribution in [0, 0.1) is 0 Å². The van der Waals surface area contributed by atoms with Gasteiger partial charge in [0.15, 0.2) is 5.82 Å². The highest BCUT2D eigenvalue weighted by atomic mass is 32.2. The molecular formula is C23H25N5O3S. The number of nitrogens with zero attached hydrogens (tertiary/aromatic N) is 4. The zero-order valence-electron chi connectivity index (χ0n) is 17.9. The number of amides is 1. The lowest BCUT2D eigenvalue weighted by atomic mass is 10.1. The van der Waals surface area contributed by atoms with E-state index >= 15 is 0 Å². The molecule has 166 valence electrons. The van der Waals surface area contributed by atoms with Crippen molar-refractivity contribution in [2.45, 2.75) is 38.6 Å². The Morgan fingerprint density at radius 1 is 1.00 bits per heavy atom. The first-order valence-corrected chi connectivity index (χ1v) is 12.7. The highest BCUT2D eigenvalue weighted by Crippen LogP contribution is 2.31. The van der Waals surface area contributed by atoms with Gasteiger partial charge in [-0.25, -0.2) is 8.42 Å². The summed E-state index contributed by atoms with van der Waals surface area (Å²) in [4.78, 5) is 12.9. The van der Waals surface area contributed by atoms with E-state index in [-0.39, 0.29) is 5.91 Å². The smallest absolute Gasteiger partial charge is 0.255 e. The van der Waals surface area contributed by atoms with Gasteiger partial charge in [-0.05, 0) is 55.2 Å². The van der Waals surface area contributed by atoms with E-state index in [0.717, 1.165) is 48.6 Å². The first-order chi connectivity index (χ1) is 15.4. The molecule has 0 saturated heterocycles. The SMILES string of the molecule is CS(=O)(=O)N1CCc2cc(C(=O)Nc3cccc(-c4nnc5n4CCCCC5)c3)ccc21. The van der Waals surface area contributed by atoms with Gasteiger partial charge in [-0.1, -0.05) is 18.6 Å². The number of benzene rings is 2. The van der Waals surface area contributed by atoms with Gasteiger partial charge in [-0.2, -0.15) is 0 Å². The fourth-order valence-electron chi connectivity index (χ4n) is 4.50. The number of rotatable bonds is 4. The van der Waals surface area contributed by atoms with Crippen molar-refractivity contribution >= 4 is 27.3 Å². The first kappa shape index (κ1) is 20.7. The molecule has 0 fully saturated rings. The topological polar surface area (TPSA) is 97.2 Å². The summed E-state index contributed by atoms with van der Waals surface area (Å²) in [6.07, 6.45) is 6.18. The molecule has 5 rings (SSSR count). The monoisotopic (exact) mass is 451 g/mol. The Morgan fingerprint density at radius 3 is 2.72 bits per heavy atom. The van der Waals surface area contributed by atoms with Crippen LogP contribution in [0.2, 0.25) is 0 Å². The van der Waals surface area contributed by atoms with E-state index in [2.05, 4.69) is 20.1 Å². The number of carbonyl (C=O) groups is 1. The molecule has 0 aliphatic carbocycles. The molecule has 0 atom stereocenters. The Kier molecular flexibility index (Phi) is 5.21. The third-order valence-electron chi connectivity index (χ3n) is 6.08. The molecule has 2 aromatic carbocycles. The number of hydrogen-bond acceptors (Lipinski definition) is 5. The van der Waals surface area contributed by atoms with Crippen molar-refractivity contribution in [2.24, 2.45) is 0 Å². The van der Waals surface area contributed by atoms with Gasteiger partial charge in [-0.3, -0.25) is 9.10 Å². The second-order valence-corrected chi connectivity index (χ2v) is 10.3. The predicted octanol–water partition coefficient (Wildman–Crippen LogP) is 3.25. The molecule has 3 heterocycles. The van der Waals surface area contributed by atoms with Gasteiger partial charge in [0.1, 0.15) is 5.82 Å². The minimum Gasteiger partial charge on any atom is -0.322 e. The number of anilines is 2. The maximum absolute atomic E-state index is 12.9. The molecule has 2 aliphatic heterocycles. The van der Waals surface area contributed by atoms with Crippen molar-refractivity contribution < 1.29 is 13.2 Å². The lowest BCUT2D eigenvalue weighted by molar-refractivity contribution is 0.102. The van der Waals surface area contributed by atoms with Crippen molar-refractivity contribution in [3.63, 3.8) is 0 Å². The van der Waals surface area contributed by atoms with Gasteiger partial charge in [0.25, 0.3) is 5.91 Å². The fourth-order valence-corrected chi connectivity index (χ4v) is 5.45. The van der Waals surface area contributed by atoms with E-state index in [1.807, 2.05) is 24.3 Å². The predicted molar refractivity (Wildman–Crippen MR) is 123 cm³/mol. The van der Waals surface area contributed by atoms with Crippen LogP contribution in [0.25, 0.3) is 11.4 Å². The molecule has 0 spiro atoms. The molecule has 0 radical (unpaired) electrons. The minimum absolute atomic E-state index is 0.233. The second-order valence-electron chi connectivity index (χ2n) is 8.37. The molecular weight excluding hydrogens is 426 g/mol. The molecule has 8 nitrogen and oxygen atoms in total. The van der Waals surface area contributed by atoms with Crippen LogP contribution in [0.1, 0.15) is 41.0 Å². The molecule has 0 saturated carbocycles. The van der Waals surface area contributed by atoms with Crippen LogP contribution < -0.4 is 9.62 Å². The Labute approximate surface area is 187 Å². The molecule has 1 aromatic heterocycles. The van der Waals surface area contributed by atoms with Crippen molar-refractivity contribution in [3.05, 3.63) is 59.4 Å². The van der Waals surface area contributed by atoms with E-state index < -0.39 is 10.0 Å².